The van der Waals surface area contributed by atoms with E-state index >= 15 is 0 Å². The molecule has 6 nitrogen and oxygen atoms in total. The zero-order valence-electron chi connectivity index (χ0n) is 15.2. The molecular weight excluding hydrogens is 340 g/mol. The lowest BCUT2D eigenvalue weighted by molar-refractivity contribution is -0.116. The predicted octanol–water partition coefficient (Wildman–Crippen LogP) is 3.67. The van der Waals surface area contributed by atoms with Crippen molar-refractivity contribution < 1.29 is 9.53 Å². The van der Waals surface area contributed by atoms with Gasteiger partial charge < -0.3 is 15.4 Å². The van der Waals surface area contributed by atoms with E-state index in [4.69, 9.17) is 4.74 Å². The SMILES string of the molecule is COc1ccccc1CNc1ccc(NC(=O)CCc2ccccc2)nn1. The van der Waals surface area contributed by atoms with Crippen LogP contribution in [0.2, 0.25) is 0 Å². The van der Waals surface area contributed by atoms with Crippen molar-refractivity contribution in [1.29, 1.82) is 0 Å². The van der Waals surface area contributed by atoms with Gasteiger partial charge in [0.15, 0.2) is 5.82 Å². The molecule has 0 unspecified atom stereocenters. The predicted molar refractivity (Wildman–Crippen MR) is 106 cm³/mol. The van der Waals surface area contributed by atoms with Crippen LogP contribution in [0.25, 0.3) is 0 Å². The van der Waals surface area contributed by atoms with Crippen molar-refractivity contribution in [2.24, 2.45) is 0 Å². The molecule has 0 radical (unpaired) electrons. The second kappa shape index (κ2) is 9.33. The number of amides is 1. The smallest absolute Gasteiger partial charge is 0.225 e. The van der Waals surface area contributed by atoms with E-state index < -0.39 is 0 Å². The lowest BCUT2D eigenvalue weighted by Gasteiger charge is -2.10. The Morgan fingerprint density at radius 3 is 2.37 bits per heavy atom. The summed E-state index contributed by atoms with van der Waals surface area (Å²) in [4.78, 5) is 12.0. The molecule has 1 heterocycles. The Kier molecular flexibility index (Phi) is 6.35. The van der Waals surface area contributed by atoms with E-state index in [-0.39, 0.29) is 5.91 Å². The Morgan fingerprint density at radius 2 is 1.63 bits per heavy atom. The van der Waals surface area contributed by atoms with Crippen LogP contribution in [-0.2, 0) is 17.8 Å². The van der Waals surface area contributed by atoms with Crippen molar-refractivity contribution >= 4 is 17.5 Å². The summed E-state index contributed by atoms with van der Waals surface area (Å²) in [5, 5.41) is 14.1. The first-order chi connectivity index (χ1) is 13.2. The summed E-state index contributed by atoms with van der Waals surface area (Å²) < 4.78 is 5.33. The zero-order chi connectivity index (χ0) is 18.9. The highest BCUT2D eigenvalue weighted by Crippen LogP contribution is 2.18. The Bertz CT molecular complexity index is 867. The van der Waals surface area contributed by atoms with Gasteiger partial charge in [-0.2, -0.15) is 0 Å². The molecule has 27 heavy (non-hydrogen) atoms. The molecule has 3 aromatic rings. The van der Waals surface area contributed by atoms with Crippen molar-refractivity contribution in [3.05, 3.63) is 77.9 Å². The Balaban J connectivity index is 1.49. The number of hydrogen-bond acceptors (Lipinski definition) is 5. The highest BCUT2D eigenvalue weighted by molar-refractivity contribution is 5.89. The number of methoxy groups -OCH3 is 1. The van der Waals surface area contributed by atoms with Crippen LogP contribution >= 0.6 is 0 Å². The third-order valence-electron chi connectivity index (χ3n) is 4.07. The average molecular weight is 362 g/mol. The second-order valence-electron chi connectivity index (χ2n) is 6.00. The van der Waals surface area contributed by atoms with Gasteiger partial charge in [0, 0.05) is 18.5 Å². The van der Waals surface area contributed by atoms with Crippen molar-refractivity contribution in [2.45, 2.75) is 19.4 Å². The van der Waals surface area contributed by atoms with Crippen LogP contribution in [0.15, 0.2) is 66.7 Å². The first kappa shape index (κ1) is 18.4. The van der Waals surface area contributed by atoms with Crippen LogP contribution in [0.3, 0.4) is 0 Å². The number of para-hydroxylation sites is 1. The molecule has 0 aliphatic heterocycles. The van der Waals surface area contributed by atoms with E-state index in [2.05, 4.69) is 20.8 Å². The molecule has 0 saturated carbocycles. The van der Waals surface area contributed by atoms with Gasteiger partial charge in [0.25, 0.3) is 0 Å². The molecule has 6 heteroatoms. The molecule has 0 saturated heterocycles. The monoisotopic (exact) mass is 362 g/mol. The first-order valence-corrected chi connectivity index (χ1v) is 8.78. The highest BCUT2D eigenvalue weighted by atomic mass is 16.5. The van der Waals surface area contributed by atoms with Gasteiger partial charge >= 0.3 is 0 Å². The number of rotatable bonds is 8. The number of nitrogens with zero attached hydrogens (tertiary/aromatic N) is 2. The fraction of sp³-hybridized carbons (Fsp3) is 0.190. The fourth-order valence-electron chi connectivity index (χ4n) is 2.64. The van der Waals surface area contributed by atoms with Crippen LogP contribution < -0.4 is 15.4 Å². The summed E-state index contributed by atoms with van der Waals surface area (Å²) in [6, 6.07) is 21.2. The summed E-state index contributed by atoms with van der Waals surface area (Å²) >= 11 is 0. The normalized spacial score (nSPS) is 10.3. The number of aryl methyl sites for hydroxylation is 1. The van der Waals surface area contributed by atoms with Crippen LogP contribution in [0.5, 0.6) is 5.75 Å². The molecule has 3 rings (SSSR count). The molecule has 0 spiro atoms. The first-order valence-electron chi connectivity index (χ1n) is 8.78. The van der Waals surface area contributed by atoms with Gasteiger partial charge in [0.2, 0.25) is 5.91 Å². The molecule has 0 atom stereocenters. The third-order valence-corrected chi connectivity index (χ3v) is 4.07. The van der Waals surface area contributed by atoms with E-state index in [0.717, 1.165) is 16.9 Å². The number of benzene rings is 2. The Labute approximate surface area is 158 Å². The maximum atomic E-state index is 12.0. The number of nitrogens with one attached hydrogen (secondary N) is 2. The van der Waals surface area contributed by atoms with Crippen molar-refractivity contribution in [3.63, 3.8) is 0 Å². The molecule has 1 amide bonds. The number of aromatic nitrogens is 2. The van der Waals surface area contributed by atoms with Crippen molar-refractivity contribution in [1.82, 2.24) is 10.2 Å². The van der Waals surface area contributed by atoms with Crippen LogP contribution in [-0.4, -0.2) is 23.2 Å². The third kappa shape index (κ3) is 5.54. The van der Waals surface area contributed by atoms with Gasteiger partial charge in [0.1, 0.15) is 11.6 Å². The number of hydrogen-bond donors (Lipinski definition) is 2. The summed E-state index contributed by atoms with van der Waals surface area (Å²) in [7, 11) is 1.65. The molecule has 0 aliphatic carbocycles. The lowest BCUT2D eigenvalue weighted by Crippen LogP contribution is -2.14. The minimum atomic E-state index is -0.0807. The number of anilines is 2. The largest absolute Gasteiger partial charge is 0.496 e. The van der Waals surface area contributed by atoms with E-state index in [0.29, 0.717) is 31.0 Å². The standard InChI is InChI=1S/C21H22N4O2/c1-27-18-10-6-5-9-17(18)15-22-19-12-13-20(25-24-19)23-21(26)14-11-16-7-3-2-4-8-16/h2-10,12-13H,11,14-15H2,1H3,(H,22,24)(H,23,25,26). The van der Waals surface area contributed by atoms with Crippen LogP contribution in [0.1, 0.15) is 17.5 Å². The fourth-order valence-corrected chi connectivity index (χ4v) is 2.64. The molecule has 2 aromatic carbocycles. The molecule has 0 aliphatic rings. The minimum Gasteiger partial charge on any atom is -0.496 e. The average Bonchev–Trinajstić information content (AvgIpc) is 2.73. The van der Waals surface area contributed by atoms with Crippen molar-refractivity contribution in [2.75, 3.05) is 17.7 Å². The number of carbonyl (C=O) groups excluding carboxylic acids is 1. The molecule has 0 bridgehead atoms. The topological polar surface area (TPSA) is 76.1 Å². The van der Waals surface area contributed by atoms with E-state index in [1.54, 1.807) is 19.2 Å². The van der Waals surface area contributed by atoms with E-state index in [9.17, 15) is 4.79 Å². The maximum Gasteiger partial charge on any atom is 0.225 e. The Hall–Kier alpha value is -3.41. The van der Waals surface area contributed by atoms with Crippen LogP contribution in [0, 0.1) is 0 Å². The van der Waals surface area contributed by atoms with Gasteiger partial charge in [-0.05, 0) is 30.2 Å². The van der Waals surface area contributed by atoms with Crippen molar-refractivity contribution in [3.8, 4) is 5.75 Å². The summed E-state index contributed by atoms with van der Waals surface area (Å²) in [5.74, 6) is 1.81. The molecule has 1 aromatic heterocycles. The van der Waals surface area contributed by atoms with Gasteiger partial charge in [-0.25, -0.2) is 0 Å². The summed E-state index contributed by atoms with van der Waals surface area (Å²) in [6.45, 7) is 0.571. The highest BCUT2D eigenvalue weighted by Gasteiger charge is 2.06. The number of ether oxygens (including phenoxy) is 1. The van der Waals surface area contributed by atoms with Gasteiger partial charge in [-0.15, -0.1) is 10.2 Å². The van der Waals surface area contributed by atoms with Gasteiger partial charge in [-0.3, -0.25) is 4.79 Å². The van der Waals surface area contributed by atoms with Gasteiger partial charge in [-0.1, -0.05) is 48.5 Å². The second-order valence-corrected chi connectivity index (χ2v) is 6.00. The summed E-state index contributed by atoms with van der Waals surface area (Å²) in [6.07, 6.45) is 1.10. The molecular formula is C21H22N4O2. The maximum absolute atomic E-state index is 12.0. The van der Waals surface area contributed by atoms with Crippen LogP contribution in [0.4, 0.5) is 11.6 Å². The minimum absolute atomic E-state index is 0.0807. The lowest BCUT2D eigenvalue weighted by atomic mass is 10.1. The molecule has 2 N–H and O–H groups in total. The zero-order valence-corrected chi connectivity index (χ0v) is 15.2. The molecule has 138 valence electrons. The molecule has 0 fully saturated rings. The van der Waals surface area contributed by atoms with E-state index in [1.807, 2.05) is 54.6 Å². The summed E-state index contributed by atoms with van der Waals surface area (Å²) in [5.41, 5.74) is 2.16. The quantitative estimate of drug-likeness (QED) is 0.639. The number of carbonyl (C=O) groups is 1. The van der Waals surface area contributed by atoms with Gasteiger partial charge in [0.05, 0.1) is 7.11 Å². The van der Waals surface area contributed by atoms with E-state index in [1.165, 1.54) is 0 Å². The Morgan fingerprint density at radius 1 is 0.926 bits per heavy atom.